The summed E-state index contributed by atoms with van der Waals surface area (Å²) in [6, 6.07) is 8.64. The molecule has 25 heavy (non-hydrogen) atoms. The van der Waals surface area contributed by atoms with Crippen LogP contribution in [0.4, 0.5) is 5.69 Å². The molecular formula is C21H26N2O2. The van der Waals surface area contributed by atoms with E-state index in [9.17, 15) is 4.79 Å². The second-order valence-electron chi connectivity index (χ2n) is 7.25. The standard InChI is InChI=1S/C21H26N2O2/c1-16-6-8-19(9-7-16)22-10-12-23(13-11-22)21(24)18-14-17-4-2-3-5-20(17)25-15-18/h2,4,6-9,18H,3,5,10-15H2,1H3. The number of anilines is 1. The molecule has 0 spiro atoms. The molecule has 1 aliphatic carbocycles. The zero-order valence-electron chi connectivity index (χ0n) is 14.9. The van der Waals surface area contributed by atoms with E-state index in [1.165, 1.54) is 16.8 Å². The topological polar surface area (TPSA) is 32.8 Å². The molecule has 1 fully saturated rings. The molecule has 1 unspecified atom stereocenters. The zero-order valence-corrected chi connectivity index (χ0v) is 14.9. The number of ether oxygens (including phenoxy) is 1. The Hall–Kier alpha value is -2.23. The first-order valence-electron chi connectivity index (χ1n) is 9.32. The van der Waals surface area contributed by atoms with Gasteiger partial charge in [0.2, 0.25) is 5.91 Å². The molecule has 4 heteroatoms. The van der Waals surface area contributed by atoms with Crippen molar-refractivity contribution in [3.63, 3.8) is 0 Å². The van der Waals surface area contributed by atoms with E-state index in [2.05, 4.69) is 48.2 Å². The molecule has 1 saturated heterocycles. The normalized spacial score (nSPS) is 23.3. The van der Waals surface area contributed by atoms with Gasteiger partial charge in [0.1, 0.15) is 0 Å². The first-order valence-corrected chi connectivity index (χ1v) is 9.32. The predicted molar refractivity (Wildman–Crippen MR) is 99.4 cm³/mol. The summed E-state index contributed by atoms with van der Waals surface area (Å²) in [5, 5.41) is 0. The summed E-state index contributed by atoms with van der Waals surface area (Å²) in [6.45, 7) is 6.04. The molecule has 2 aliphatic heterocycles. The number of hydrogen-bond acceptors (Lipinski definition) is 3. The molecule has 0 aromatic heterocycles. The van der Waals surface area contributed by atoms with E-state index >= 15 is 0 Å². The minimum Gasteiger partial charge on any atom is -0.497 e. The maximum Gasteiger partial charge on any atom is 0.229 e. The maximum atomic E-state index is 12.9. The van der Waals surface area contributed by atoms with Gasteiger partial charge in [-0.25, -0.2) is 0 Å². The van der Waals surface area contributed by atoms with Crippen LogP contribution in [0.15, 0.2) is 47.7 Å². The average molecular weight is 338 g/mol. The summed E-state index contributed by atoms with van der Waals surface area (Å²) in [4.78, 5) is 17.3. The molecular weight excluding hydrogens is 312 g/mol. The number of allylic oxidation sites excluding steroid dienone is 4. The highest BCUT2D eigenvalue weighted by atomic mass is 16.5. The summed E-state index contributed by atoms with van der Waals surface area (Å²) in [5.74, 6) is 1.34. The lowest BCUT2D eigenvalue weighted by molar-refractivity contribution is -0.137. The monoisotopic (exact) mass is 338 g/mol. The Kier molecular flexibility index (Phi) is 4.51. The second-order valence-corrected chi connectivity index (χ2v) is 7.25. The summed E-state index contributed by atoms with van der Waals surface area (Å²) >= 11 is 0. The van der Waals surface area contributed by atoms with Gasteiger partial charge in [-0.05, 0) is 37.5 Å². The van der Waals surface area contributed by atoms with Crippen LogP contribution >= 0.6 is 0 Å². The third kappa shape index (κ3) is 3.44. The molecule has 1 amide bonds. The van der Waals surface area contributed by atoms with Crippen LogP contribution in [0, 0.1) is 12.8 Å². The first kappa shape index (κ1) is 16.2. The van der Waals surface area contributed by atoms with Crippen molar-refractivity contribution in [1.29, 1.82) is 0 Å². The lowest BCUT2D eigenvalue weighted by Gasteiger charge is -2.38. The minimum atomic E-state index is -0.0209. The van der Waals surface area contributed by atoms with Crippen molar-refractivity contribution in [3.05, 3.63) is 53.3 Å². The van der Waals surface area contributed by atoms with E-state index in [1.54, 1.807) is 0 Å². The van der Waals surface area contributed by atoms with E-state index in [0.29, 0.717) is 6.61 Å². The van der Waals surface area contributed by atoms with Gasteiger partial charge in [-0.2, -0.15) is 0 Å². The van der Waals surface area contributed by atoms with Gasteiger partial charge in [0, 0.05) is 38.3 Å². The number of carbonyl (C=O) groups excluding carboxylic acids is 1. The Morgan fingerprint density at radius 3 is 2.64 bits per heavy atom. The highest BCUT2D eigenvalue weighted by molar-refractivity contribution is 5.80. The number of rotatable bonds is 2. The van der Waals surface area contributed by atoms with Crippen LogP contribution in [-0.4, -0.2) is 43.6 Å². The molecule has 132 valence electrons. The molecule has 2 heterocycles. The van der Waals surface area contributed by atoms with Gasteiger partial charge in [-0.1, -0.05) is 29.8 Å². The van der Waals surface area contributed by atoms with E-state index in [-0.39, 0.29) is 11.8 Å². The Morgan fingerprint density at radius 1 is 1.12 bits per heavy atom. The Morgan fingerprint density at radius 2 is 1.88 bits per heavy atom. The number of piperazine rings is 1. The summed E-state index contributed by atoms with van der Waals surface area (Å²) in [7, 11) is 0. The molecule has 4 nitrogen and oxygen atoms in total. The summed E-state index contributed by atoms with van der Waals surface area (Å²) < 4.78 is 5.88. The Bertz CT molecular complexity index is 697. The van der Waals surface area contributed by atoms with Crippen LogP contribution < -0.4 is 4.90 Å². The third-order valence-corrected chi connectivity index (χ3v) is 5.48. The van der Waals surface area contributed by atoms with E-state index < -0.39 is 0 Å². The molecule has 0 N–H and O–H groups in total. The molecule has 1 aromatic rings. The van der Waals surface area contributed by atoms with E-state index in [0.717, 1.165) is 51.2 Å². The van der Waals surface area contributed by atoms with Crippen molar-refractivity contribution >= 4 is 11.6 Å². The van der Waals surface area contributed by atoms with Crippen LogP contribution in [0.5, 0.6) is 0 Å². The van der Waals surface area contributed by atoms with Gasteiger partial charge in [-0.15, -0.1) is 0 Å². The molecule has 0 radical (unpaired) electrons. The zero-order chi connectivity index (χ0) is 17.2. The number of hydrogen-bond donors (Lipinski definition) is 0. The lowest BCUT2D eigenvalue weighted by atomic mass is 9.91. The van der Waals surface area contributed by atoms with Gasteiger partial charge in [0.05, 0.1) is 18.3 Å². The molecule has 1 atom stereocenters. The quantitative estimate of drug-likeness (QED) is 0.830. The lowest BCUT2D eigenvalue weighted by Crippen LogP contribution is -2.51. The van der Waals surface area contributed by atoms with Gasteiger partial charge in [0.25, 0.3) is 0 Å². The van der Waals surface area contributed by atoms with Crippen LogP contribution in [0.2, 0.25) is 0 Å². The Labute approximate surface area is 149 Å². The molecule has 1 aromatic carbocycles. The molecule has 0 bridgehead atoms. The highest BCUT2D eigenvalue weighted by Gasteiger charge is 2.32. The largest absolute Gasteiger partial charge is 0.497 e. The van der Waals surface area contributed by atoms with Gasteiger partial charge in [0.15, 0.2) is 0 Å². The van der Waals surface area contributed by atoms with Crippen molar-refractivity contribution < 1.29 is 9.53 Å². The van der Waals surface area contributed by atoms with Gasteiger partial charge in [-0.3, -0.25) is 4.79 Å². The maximum absolute atomic E-state index is 12.9. The fourth-order valence-electron chi connectivity index (χ4n) is 3.92. The van der Waals surface area contributed by atoms with Crippen molar-refractivity contribution in [2.75, 3.05) is 37.7 Å². The summed E-state index contributed by atoms with van der Waals surface area (Å²) in [5.41, 5.74) is 3.76. The predicted octanol–water partition coefficient (Wildman–Crippen LogP) is 3.28. The third-order valence-electron chi connectivity index (χ3n) is 5.48. The van der Waals surface area contributed by atoms with Crippen LogP contribution in [-0.2, 0) is 9.53 Å². The highest BCUT2D eigenvalue weighted by Crippen LogP contribution is 2.31. The SMILES string of the molecule is Cc1ccc(N2CCN(C(=O)C3COC4=C(C=CCC4)C3)CC2)cc1. The van der Waals surface area contributed by atoms with Gasteiger partial charge >= 0.3 is 0 Å². The van der Waals surface area contributed by atoms with Crippen LogP contribution in [0.3, 0.4) is 0 Å². The number of benzene rings is 1. The van der Waals surface area contributed by atoms with Crippen molar-refractivity contribution in [2.24, 2.45) is 5.92 Å². The first-order chi connectivity index (χ1) is 12.2. The Balaban J connectivity index is 1.35. The molecule has 4 rings (SSSR count). The second kappa shape index (κ2) is 6.95. The van der Waals surface area contributed by atoms with Crippen molar-refractivity contribution in [2.45, 2.75) is 26.2 Å². The van der Waals surface area contributed by atoms with Crippen LogP contribution in [0.25, 0.3) is 0 Å². The number of aryl methyl sites for hydroxylation is 1. The van der Waals surface area contributed by atoms with E-state index in [1.807, 2.05) is 4.90 Å². The average Bonchev–Trinajstić information content (AvgIpc) is 2.68. The molecule has 3 aliphatic rings. The smallest absolute Gasteiger partial charge is 0.229 e. The van der Waals surface area contributed by atoms with Crippen LogP contribution in [0.1, 0.15) is 24.8 Å². The van der Waals surface area contributed by atoms with Gasteiger partial charge < -0.3 is 14.5 Å². The number of amides is 1. The fourth-order valence-corrected chi connectivity index (χ4v) is 3.92. The summed E-state index contributed by atoms with van der Waals surface area (Å²) in [6.07, 6.45) is 7.21. The van der Waals surface area contributed by atoms with Crippen molar-refractivity contribution in [1.82, 2.24) is 4.90 Å². The molecule has 0 saturated carbocycles. The minimum absolute atomic E-state index is 0.0209. The van der Waals surface area contributed by atoms with Crippen molar-refractivity contribution in [3.8, 4) is 0 Å². The number of nitrogens with zero attached hydrogens (tertiary/aromatic N) is 2. The fraction of sp³-hybridized carbons (Fsp3) is 0.476. The van der Waals surface area contributed by atoms with E-state index in [4.69, 9.17) is 4.74 Å². The number of carbonyl (C=O) groups is 1.